The zero-order valence-corrected chi connectivity index (χ0v) is 15.9. The molecule has 2 aromatic carbocycles. The van der Waals surface area contributed by atoms with Crippen molar-refractivity contribution >= 4 is 0 Å². The van der Waals surface area contributed by atoms with Crippen LogP contribution in [0.25, 0.3) is 11.1 Å². The van der Waals surface area contributed by atoms with Gasteiger partial charge in [-0.3, -0.25) is 0 Å². The van der Waals surface area contributed by atoms with Crippen LogP contribution in [-0.2, 0) is 12.7 Å². The molecule has 1 aliphatic rings. The van der Waals surface area contributed by atoms with Gasteiger partial charge < -0.3 is 10.2 Å². The second kappa shape index (κ2) is 8.44. The van der Waals surface area contributed by atoms with E-state index in [-0.39, 0.29) is 0 Å². The Morgan fingerprint density at radius 2 is 1.44 bits per heavy atom. The minimum Gasteiger partial charge on any atom is -0.310 e. The van der Waals surface area contributed by atoms with Crippen molar-refractivity contribution in [2.45, 2.75) is 51.5 Å². The number of nitrogens with zero attached hydrogens (tertiary/aromatic N) is 1. The molecule has 2 aromatic rings. The van der Waals surface area contributed by atoms with E-state index in [9.17, 15) is 13.2 Å². The molecule has 0 amide bonds. The third-order valence-electron chi connectivity index (χ3n) is 5.35. The fraction of sp³-hybridized carbons (Fsp3) is 0.455. The number of halogens is 3. The van der Waals surface area contributed by atoms with E-state index in [2.05, 4.69) is 24.1 Å². The summed E-state index contributed by atoms with van der Waals surface area (Å²) in [7, 11) is 0. The minimum atomic E-state index is -4.29. The van der Waals surface area contributed by atoms with E-state index < -0.39 is 11.7 Å². The van der Waals surface area contributed by atoms with Crippen molar-refractivity contribution in [1.29, 1.82) is 0 Å². The third-order valence-corrected chi connectivity index (χ3v) is 5.35. The lowest BCUT2D eigenvalue weighted by molar-refractivity contribution is -0.137. The lowest BCUT2D eigenvalue weighted by Crippen LogP contribution is -2.44. The average Bonchev–Trinajstić information content (AvgIpc) is 2.66. The maximum absolute atomic E-state index is 12.7. The van der Waals surface area contributed by atoms with Crippen LogP contribution >= 0.6 is 0 Å². The van der Waals surface area contributed by atoms with Gasteiger partial charge in [0.25, 0.3) is 0 Å². The van der Waals surface area contributed by atoms with Gasteiger partial charge in [0, 0.05) is 18.6 Å². The second-order valence-electron chi connectivity index (χ2n) is 7.56. The van der Waals surface area contributed by atoms with E-state index in [0.29, 0.717) is 12.1 Å². The van der Waals surface area contributed by atoms with Crippen LogP contribution < -0.4 is 5.32 Å². The van der Waals surface area contributed by atoms with Gasteiger partial charge in [-0.05, 0) is 68.6 Å². The Morgan fingerprint density at radius 3 is 1.93 bits per heavy atom. The number of hydrogen-bond donors (Lipinski definition) is 1. The standard InChI is InChI=1S/C22H27F3N2/c1-16(2)27-13-11-21(12-14-27)26-15-17-3-5-18(6-4-17)19-7-9-20(10-8-19)22(23,24)25/h3-10,16,21,26H,11-15H2,1-2H3. The predicted molar refractivity (Wildman–Crippen MR) is 103 cm³/mol. The van der Waals surface area contributed by atoms with E-state index in [4.69, 9.17) is 0 Å². The largest absolute Gasteiger partial charge is 0.416 e. The zero-order chi connectivity index (χ0) is 19.4. The van der Waals surface area contributed by atoms with Gasteiger partial charge in [0.2, 0.25) is 0 Å². The smallest absolute Gasteiger partial charge is 0.310 e. The van der Waals surface area contributed by atoms with Gasteiger partial charge in [0.1, 0.15) is 0 Å². The molecule has 2 nitrogen and oxygen atoms in total. The molecule has 5 heteroatoms. The Labute approximate surface area is 159 Å². The summed E-state index contributed by atoms with van der Waals surface area (Å²) in [6.07, 6.45) is -1.96. The van der Waals surface area contributed by atoms with Crippen LogP contribution in [0.4, 0.5) is 13.2 Å². The Bertz CT molecular complexity index is 713. The van der Waals surface area contributed by atoms with Crippen molar-refractivity contribution in [3.05, 3.63) is 59.7 Å². The number of piperidine rings is 1. The molecule has 1 N–H and O–H groups in total. The summed E-state index contributed by atoms with van der Waals surface area (Å²) in [4.78, 5) is 2.51. The van der Waals surface area contributed by atoms with Gasteiger partial charge in [0.05, 0.1) is 5.56 Å². The summed E-state index contributed by atoms with van der Waals surface area (Å²) in [6, 6.07) is 14.5. The van der Waals surface area contributed by atoms with Gasteiger partial charge in [-0.1, -0.05) is 36.4 Å². The number of likely N-dealkylation sites (tertiary alicyclic amines) is 1. The molecular formula is C22H27F3N2. The van der Waals surface area contributed by atoms with E-state index in [1.54, 1.807) is 0 Å². The SMILES string of the molecule is CC(C)N1CCC(NCc2ccc(-c3ccc(C(F)(F)F)cc3)cc2)CC1. The third kappa shape index (κ3) is 5.33. The molecule has 27 heavy (non-hydrogen) atoms. The predicted octanol–water partition coefficient (Wildman–Crippen LogP) is 5.33. The van der Waals surface area contributed by atoms with Crippen molar-refractivity contribution in [3.63, 3.8) is 0 Å². The van der Waals surface area contributed by atoms with Crippen LogP contribution in [0.5, 0.6) is 0 Å². The van der Waals surface area contributed by atoms with Crippen LogP contribution in [0.3, 0.4) is 0 Å². The molecule has 0 radical (unpaired) electrons. The molecule has 0 saturated carbocycles. The first-order chi connectivity index (χ1) is 12.8. The minimum absolute atomic E-state index is 0.551. The lowest BCUT2D eigenvalue weighted by Gasteiger charge is -2.35. The molecule has 3 rings (SSSR count). The fourth-order valence-electron chi connectivity index (χ4n) is 3.55. The topological polar surface area (TPSA) is 15.3 Å². The summed E-state index contributed by atoms with van der Waals surface area (Å²) < 4.78 is 38.0. The Hall–Kier alpha value is -1.85. The van der Waals surface area contributed by atoms with Crippen molar-refractivity contribution in [2.24, 2.45) is 0 Å². The number of rotatable bonds is 5. The summed E-state index contributed by atoms with van der Waals surface area (Å²) in [5.41, 5.74) is 2.30. The van der Waals surface area contributed by atoms with E-state index in [1.807, 2.05) is 24.3 Å². The quantitative estimate of drug-likeness (QED) is 0.758. The van der Waals surface area contributed by atoms with Gasteiger partial charge >= 0.3 is 6.18 Å². The van der Waals surface area contributed by atoms with E-state index >= 15 is 0 Å². The highest BCUT2D eigenvalue weighted by molar-refractivity contribution is 5.64. The Balaban J connectivity index is 1.53. The molecule has 1 aliphatic heterocycles. The average molecular weight is 376 g/mol. The molecular weight excluding hydrogens is 349 g/mol. The molecule has 0 atom stereocenters. The highest BCUT2D eigenvalue weighted by atomic mass is 19.4. The highest BCUT2D eigenvalue weighted by Gasteiger charge is 2.29. The monoisotopic (exact) mass is 376 g/mol. The van der Waals surface area contributed by atoms with Crippen molar-refractivity contribution in [3.8, 4) is 11.1 Å². The Morgan fingerprint density at radius 1 is 0.926 bits per heavy atom. The van der Waals surface area contributed by atoms with Crippen LogP contribution in [0.15, 0.2) is 48.5 Å². The summed E-state index contributed by atoms with van der Waals surface area (Å²) in [5, 5.41) is 3.63. The molecule has 0 unspecified atom stereocenters. The van der Waals surface area contributed by atoms with Gasteiger partial charge in [-0.25, -0.2) is 0 Å². The lowest BCUT2D eigenvalue weighted by atomic mass is 10.0. The first-order valence-corrected chi connectivity index (χ1v) is 9.57. The summed E-state index contributed by atoms with van der Waals surface area (Å²) >= 11 is 0. The number of benzene rings is 2. The number of alkyl halides is 3. The normalized spacial score (nSPS) is 16.8. The van der Waals surface area contributed by atoms with Gasteiger partial charge in [-0.15, -0.1) is 0 Å². The maximum atomic E-state index is 12.7. The molecule has 1 heterocycles. The fourth-order valence-corrected chi connectivity index (χ4v) is 3.55. The molecule has 1 fully saturated rings. The maximum Gasteiger partial charge on any atom is 0.416 e. The van der Waals surface area contributed by atoms with Crippen molar-refractivity contribution in [2.75, 3.05) is 13.1 Å². The number of nitrogens with one attached hydrogen (secondary N) is 1. The van der Waals surface area contributed by atoms with Crippen LogP contribution in [0.1, 0.15) is 37.8 Å². The van der Waals surface area contributed by atoms with Crippen LogP contribution in [0, 0.1) is 0 Å². The van der Waals surface area contributed by atoms with E-state index in [1.165, 1.54) is 30.5 Å². The molecule has 0 bridgehead atoms. The molecule has 146 valence electrons. The number of hydrogen-bond acceptors (Lipinski definition) is 2. The molecule has 0 aromatic heterocycles. The van der Waals surface area contributed by atoms with Crippen LogP contribution in [0.2, 0.25) is 0 Å². The molecule has 0 spiro atoms. The van der Waals surface area contributed by atoms with Crippen molar-refractivity contribution in [1.82, 2.24) is 10.2 Å². The van der Waals surface area contributed by atoms with Crippen molar-refractivity contribution < 1.29 is 13.2 Å². The molecule has 1 saturated heterocycles. The van der Waals surface area contributed by atoms with Gasteiger partial charge in [-0.2, -0.15) is 13.2 Å². The van der Waals surface area contributed by atoms with E-state index in [0.717, 1.165) is 42.9 Å². The van der Waals surface area contributed by atoms with Crippen LogP contribution in [-0.4, -0.2) is 30.1 Å². The molecule has 0 aliphatic carbocycles. The summed E-state index contributed by atoms with van der Waals surface area (Å²) in [6.45, 7) is 7.59. The zero-order valence-electron chi connectivity index (χ0n) is 15.9. The second-order valence-corrected chi connectivity index (χ2v) is 7.56. The first-order valence-electron chi connectivity index (χ1n) is 9.57. The van der Waals surface area contributed by atoms with Gasteiger partial charge in [0.15, 0.2) is 0 Å². The first kappa shape index (κ1) is 19.9. The highest BCUT2D eigenvalue weighted by Crippen LogP contribution is 2.31. The summed E-state index contributed by atoms with van der Waals surface area (Å²) in [5.74, 6) is 0. The Kier molecular flexibility index (Phi) is 6.22.